The van der Waals surface area contributed by atoms with Gasteiger partial charge in [-0.2, -0.15) is 0 Å². The number of aromatic nitrogens is 1. The van der Waals surface area contributed by atoms with Gasteiger partial charge in [0.05, 0.1) is 0 Å². The SMILES string of the molecule is CC(C)(C)NC/C=C/c1nccs1. The summed E-state index contributed by atoms with van der Waals surface area (Å²) in [6.45, 7) is 7.36. The maximum absolute atomic E-state index is 4.15. The highest BCUT2D eigenvalue weighted by molar-refractivity contribution is 7.10. The first-order valence-corrected chi connectivity index (χ1v) is 5.27. The fourth-order valence-corrected chi connectivity index (χ4v) is 1.40. The van der Waals surface area contributed by atoms with E-state index in [2.05, 4.69) is 37.1 Å². The second-order valence-electron chi connectivity index (χ2n) is 3.90. The Morgan fingerprint density at radius 2 is 2.31 bits per heavy atom. The van der Waals surface area contributed by atoms with Gasteiger partial charge in [-0.3, -0.25) is 0 Å². The summed E-state index contributed by atoms with van der Waals surface area (Å²) in [4.78, 5) is 4.15. The number of thiazole rings is 1. The molecular formula is C10H16N2S. The Kier molecular flexibility index (Phi) is 3.63. The molecule has 2 nitrogen and oxygen atoms in total. The van der Waals surface area contributed by atoms with Crippen molar-refractivity contribution in [3.8, 4) is 0 Å². The summed E-state index contributed by atoms with van der Waals surface area (Å²) >= 11 is 1.66. The van der Waals surface area contributed by atoms with Crippen molar-refractivity contribution in [3.05, 3.63) is 22.7 Å². The first-order valence-electron chi connectivity index (χ1n) is 4.39. The Balaban J connectivity index is 2.27. The lowest BCUT2D eigenvalue weighted by Crippen LogP contribution is -2.35. The van der Waals surface area contributed by atoms with E-state index in [1.165, 1.54) is 0 Å². The molecule has 0 radical (unpaired) electrons. The zero-order valence-electron chi connectivity index (χ0n) is 8.37. The van der Waals surface area contributed by atoms with Crippen molar-refractivity contribution < 1.29 is 0 Å². The zero-order valence-corrected chi connectivity index (χ0v) is 9.19. The van der Waals surface area contributed by atoms with Crippen LogP contribution in [0.3, 0.4) is 0 Å². The van der Waals surface area contributed by atoms with E-state index in [-0.39, 0.29) is 5.54 Å². The van der Waals surface area contributed by atoms with Crippen molar-refractivity contribution in [2.45, 2.75) is 26.3 Å². The molecule has 1 aromatic heterocycles. The van der Waals surface area contributed by atoms with Crippen LogP contribution in [0.15, 0.2) is 17.7 Å². The number of rotatable bonds is 3. The Hall–Kier alpha value is -0.670. The molecule has 1 aromatic rings. The molecule has 1 rings (SSSR count). The Labute approximate surface area is 83.7 Å². The van der Waals surface area contributed by atoms with Crippen LogP contribution >= 0.6 is 11.3 Å². The second-order valence-corrected chi connectivity index (χ2v) is 4.83. The van der Waals surface area contributed by atoms with E-state index in [0.29, 0.717) is 0 Å². The normalized spacial score (nSPS) is 12.5. The van der Waals surface area contributed by atoms with Crippen molar-refractivity contribution in [1.82, 2.24) is 10.3 Å². The lowest BCUT2D eigenvalue weighted by Gasteiger charge is -2.18. The van der Waals surface area contributed by atoms with E-state index in [1.54, 1.807) is 11.3 Å². The maximum atomic E-state index is 4.15. The summed E-state index contributed by atoms with van der Waals surface area (Å²) in [6, 6.07) is 0. The third-order valence-corrected chi connectivity index (χ3v) is 2.20. The van der Waals surface area contributed by atoms with Gasteiger partial charge in [-0.1, -0.05) is 6.08 Å². The molecule has 0 saturated carbocycles. The summed E-state index contributed by atoms with van der Waals surface area (Å²) in [6.07, 6.45) is 5.97. The van der Waals surface area contributed by atoms with E-state index >= 15 is 0 Å². The topological polar surface area (TPSA) is 24.9 Å². The molecule has 1 heterocycles. The summed E-state index contributed by atoms with van der Waals surface area (Å²) in [7, 11) is 0. The van der Waals surface area contributed by atoms with Crippen LogP contribution in [0.4, 0.5) is 0 Å². The van der Waals surface area contributed by atoms with E-state index in [9.17, 15) is 0 Å². The van der Waals surface area contributed by atoms with Crippen molar-refractivity contribution in [3.63, 3.8) is 0 Å². The van der Waals surface area contributed by atoms with E-state index in [1.807, 2.05) is 17.7 Å². The van der Waals surface area contributed by atoms with Gasteiger partial charge in [0.25, 0.3) is 0 Å². The molecule has 0 bridgehead atoms. The zero-order chi connectivity index (χ0) is 9.73. The van der Waals surface area contributed by atoms with Crippen LogP contribution in [-0.2, 0) is 0 Å². The first-order chi connectivity index (χ1) is 6.08. The number of nitrogens with zero attached hydrogens (tertiary/aromatic N) is 1. The molecule has 72 valence electrons. The van der Waals surface area contributed by atoms with Gasteiger partial charge in [0, 0.05) is 23.7 Å². The van der Waals surface area contributed by atoms with Gasteiger partial charge < -0.3 is 5.32 Å². The third kappa shape index (κ3) is 4.80. The standard InChI is InChI=1S/C10H16N2S/c1-10(2,3)12-6-4-5-9-11-7-8-13-9/h4-5,7-8,12H,6H2,1-3H3/b5-4+. The second kappa shape index (κ2) is 4.53. The molecule has 0 unspecified atom stereocenters. The first kappa shape index (κ1) is 10.4. The number of hydrogen-bond acceptors (Lipinski definition) is 3. The predicted molar refractivity (Wildman–Crippen MR) is 58.9 cm³/mol. The van der Waals surface area contributed by atoms with Crippen LogP contribution in [-0.4, -0.2) is 17.1 Å². The van der Waals surface area contributed by atoms with Gasteiger partial charge in [0.15, 0.2) is 0 Å². The third-order valence-electron chi connectivity index (χ3n) is 1.46. The molecule has 0 aliphatic heterocycles. The largest absolute Gasteiger partial charge is 0.309 e. The minimum Gasteiger partial charge on any atom is -0.309 e. The molecule has 3 heteroatoms. The molecule has 0 amide bonds. The van der Waals surface area contributed by atoms with Gasteiger partial charge in [-0.05, 0) is 26.8 Å². The summed E-state index contributed by atoms with van der Waals surface area (Å²) < 4.78 is 0. The highest BCUT2D eigenvalue weighted by Crippen LogP contribution is 2.05. The highest BCUT2D eigenvalue weighted by atomic mass is 32.1. The van der Waals surface area contributed by atoms with Crippen LogP contribution in [0.5, 0.6) is 0 Å². The lowest BCUT2D eigenvalue weighted by molar-refractivity contribution is 0.450. The molecule has 0 aliphatic rings. The average Bonchev–Trinajstić information content (AvgIpc) is 2.48. The molecule has 0 spiro atoms. The fraction of sp³-hybridized carbons (Fsp3) is 0.500. The van der Waals surface area contributed by atoms with Crippen LogP contribution in [0, 0.1) is 0 Å². The van der Waals surface area contributed by atoms with Crippen LogP contribution in [0.25, 0.3) is 6.08 Å². The van der Waals surface area contributed by atoms with Gasteiger partial charge >= 0.3 is 0 Å². The Morgan fingerprint density at radius 3 is 2.85 bits per heavy atom. The molecule has 0 atom stereocenters. The smallest absolute Gasteiger partial charge is 0.115 e. The van der Waals surface area contributed by atoms with Gasteiger partial charge in [0.1, 0.15) is 5.01 Å². The molecule has 0 fully saturated rings. The Bertz CT molecular complexity index is 257. The van der Waals surface area contributed by atoms with Gasteiger partial charge in [-0.15, -0.1) is 11.3 Å². The van der Waals surface area contributed by atoms with Crippen LogP contribution < -0.4 is 5.32 Å². The molecule has 0 aliphatic carbocycles. The minimum atomic E-state index is 0.188. The lowest BCUT2D eigenvalue weighted by atomic mass is 10.1. The summed E-state index contributed by atoms with van der Waals surface area (Å²) in [5.41, 5.74) is 0.188. The van der Waals surface area contributed by atoms with E-state index in [0.717, 1.165) is 11.6 Å². The molecule has 1 N–H and O–H groups in total. The van der Waals surface area contributed by atoms with Crippen molar-refractivity contribution in [1.29, 1.82) is 0 Å². The van der Waals surface area contributed by atoms with Gasteiger partial charge in [0.2, 0.25) is 0 Å². The van der Waals surface area contributed by atoms with E-state index in [4.69, 9.17) is 0 Å². The quantitative estimate of drug-likeness (QED) is 0.803. The summed E-state index contributed by atoms with van der Waals surface area (Å²) in [5.74, 6) is 0. The van der Waals surface area contributed by atoms with E-state index < -0.39 is 0 Å². The predicted octanol–water partition coefficient (Wildman–Crippen LogP) is 2.54. The monoisotopic (exact) mass is 196 g/mol. The Morgan fingerprint density at radius 1 is 1.54 bits per heavy atom. The maximum Gasteiger partial charge on any atom is 0.115 e. The number of hydrogen-bond donors (Lipinski definition) is 1. The molecular weight excluding hydrogens is 180 g/mol. The summed E-state index contributed by atoms with van der Waals surface area (Å²) in [5, 5.41) is 6.42. The minimum absolute atomic E-state index is 0.188. The molecule has 0 saturated heterocycles. The average molecular weight is 196 g/mol. The van der Waals surface area contributed by atoms with Crippen LogP contribution in [0.1, 0.15) is 25.8 Å². The van der Waals surface area contributed by atoms with Gasteiger partial charge in [-0.25, -0.2) is 4.98 Å². The number of nitrogens with one attached hydrogen (secondary N) is 1. The van der Waals surface area contributed by atoms with Crippen molar-refractivity contribution in [2.75, 3.05) is 6.54 Å². The molecule has 0 aromatic carbocycles. The van der Waals surface area contributed by atoms with Crippen molar-refractivity contribution in [2.24, 2.45) is 0 Å². The molecule has 13 heavy (non-hydrogen) atoms. The van der Waals surface area contributed by atoms with Crippen LogP contribution in [0.2, 0.25) is 0 Å². The fourth-order valence-electron chi connectivity index (χ4n) is 0.842. The highest BCUT2D eigenvalue weighted by Gasteiger charge is 2.05. The van der Waals surface area contributed by atoms with Crippen molar-refractivity contribution >= 4 is 17.4 Å².